The van der Waals surface area contributed by atoms with E-state index in [4.69, 9.17) is 0 Å². The topological polar surface area (TPSA) is 95.6 Å². The monoisotopic (exact) mass is 363 g/mol. The maximum atomic E-state index is 12.9. The molecule has 3 rings (SSSR count). The van der Waals surface area contributed by atoms with Crippen LogP contribution in [-0.4, -0.2) is 43.7 Å². The van der Waals surface area contributed by atoms with Crippen LogP contribution in [0.15, 0.2) is 35.7 Å². The molecule has 0 saturated carbocycles. The van der Waals surface area contributed by atoms with E-state index in [9.17, 15) is 18.0 Å². The van der Waals surface area contributed by atoms with Gasteiger partial charge in [0.1, 0.15) is 0 Å². The molecule has 1 atom stereocenters. The quantitative estimate of drug-likeness (QED) is 0.781. The van der Waals surface area contributed by atoms with Crippen molar-refractivity contribution in [3.05, 3.63) is 36.4 Å². The first-order valence-electron chi connectivity index (χ1n) is 8.26. The maximum Gasteiger partial charge on any atom is 0.243 e. The zero-order valence-corrected chi connectivity index (χ0v) is 14.6. The number of hydrogen-bond acceptors (Lipinski definition) is 4. The van der Waals surface area contributed by atoms with E-state index < -0.39 is 10.0 Å². The normalized spacial score (nSPS) is 21.1. The second-order valence-corrected chi connectivity index (χ2v) is 8.22. The molecule has 1 aromatic carbocycles. The van der Waals surface area contributed by atoms with Crippen LogP contribution >= 0.6 is 0 Å². The molecule has 2 N–H and O–H groups in total. The average molecular weight is 363 g/mol. The molecule has 2 aliphatic heterocycles. The first-order chi connectivity index (χ1) is 11.9. The Kier molecular flexibility index (Phi) is 4.91. The summed E-state index contributed by atoms with van der Waals surface area (Å²) in [5.74, 6) is -0.353. The summed E-state index contributed by atoms with van der Waals surface area (Å²) in [7, 11) is -3.64. The van der Waals surface area contributed by atoms with Gasteiger partial charge < -0.3 is 10.6 Å². The summed E-state index contributed by atoms with van der Waals surface area (Å²) in [6.45, 7) is 4.09. The molecule has 1 fully saturated rings. The van der Waals surface area contributed by atoms with E-state index in [-0.39, 0.29) is 29.3 Å². The van der Waals surface area contributed by atoms with Gasteiger partial charge in [-0.1, -0.05) is 6.58 Å². The van der Waals surface area contributed by atoms with Crippen LogP contribution in [0.5, 0.6) is 0 Å². The van der Waals surface area contributed by atoms with Crippen LogP contribution in [0.4, 0.5) is 5.69 Å². The van der Waals surface area contributed by atoms with Crippen LogP contribution in [0.2, 0.25) is 0 Å². The molecule has 0 aliphatic carbocycles. The van der Waals surface area contributed by atoms with Crippen molar-refractivity contribution in [2.24, 2.45) is 0 Å². The van der Waals surface area contributed by atoms with Crippen LogP contribution in [0.1, 0.15) is 24.8 Å². The van der Waals surface area contributed by atoms with E-state index in [1.165, 1.54) is 16.4 Å². The van der Waals surface area contributed by atoms with Gasteiger partial charge in [-0.3, -0.25) is 9.59 Å². The molecular formula is C17H21N3O4S. The van der Waals surface area contributed by atoms with Gasteiger partial charge in [0.05, 0.1) is 4.90 Å². The number of fused-ring (bicyclic) bond motifs is 1. The molecule has 7 nitrogen and oxygen atoms in total. The minimum atomic E-state index is -3.64. The highest BCUT2D eigenvalue weighted by Gasteiger charge is 2.31. The molecule has 25 heavy (non-hydrogen) atoms. The molecule has 2 heterocycles. The molecule has 0 bridgehead atoms. The van der Waals surface area contributed by atoms with Gasteiger partial charge in [0.15, 0.2) is 0 Å². The Morgan fingerprint density at radius 3 is 2.92 bits per heavy atom. The molecule has 2 aliphatic rings. The van der Waals surface area contributed by atoms with Crippen LogP contribution in [0.25, 0.3) is 0 Å². The number of carbonyl (C=O) groups is 2. The second-order valence-electron chi connectivity index (χ2n) is 6.28. The zero-order valence-electron chi connectivity index (χ0n) is 13.8. The number of nitrogens with one attached hydrogen (secondary N) is 2. The summed E-state index contributed by atoms with van der Waals surface area (Å²) in [5, 5.41) is 5.52. The van der Waals surface area contributed by atoms with Crippen molar-refractivity contribution in [2.75, 3.05) is 18.4 Å². The number of carbonyl (C=O) groups excluding carboxylic acids is 2. The largest absolute Gasteiger partial charge is 0.349 e. The molecule has 1 saturated heterocycles. The second kappa shape index (κ2) is 6.97. The molecule has 0 radical (unpaired) electrons. The fourth-order valence-corrected chi connectivity index (χ4v) is 4.78. The van der Waals surface area contributed by atoms with Crippen LogP contribution < -0.4 is 10.6 Å². The van der Waals surface area contributed by atoms with Crippen LogP contribution in [0.3, 0.4) is 0 Å². The van der Waals surface area contributed by atoms with Gasteiger partial charge in [-0.25, -0.2) is 8.42 Å². The van der Waals surface area contributed by atoms with Crippen molar-refractivity contribution in [3.8, 4) is 0 Å². The van der Waals surface area contributed by atoms with Gasteiger partial charge in [-0.2, -0.15) is 4.31 Å². The Bertz CT molecular complexity index is 819. The fourth-order valence-electron chi connectivity index (χ4n) is 3.21. The summed E-state index contributed by atoms with van der Waals surface area (Å²) < 4.78 is 27.3. The number of anilines is 1. The number of rotatable bonds is 4. The molecule has 1 aromatic rings. The third-order valence-electron chi connectivity index (χ3n) is 4.53. The Hall–Kier alpha value is -2.19. The molecule has 8 heteroatoms. The Labute approximate surface area is 147 Å². The number of sulfonamides is 1. The molecule has 0 spiro atoms. The van der Waals surface area contributed by atoms with Gasteiger partial charge in [0, 0.05) is 31.2 Å². The highest BCUT2D eigenvalue weighted by Crippen LogP contribution is 2.28. The standard InChI is InChI=1S/C17H21N3O4S/c1-2-16(21)18-13-4-3-9-20(11-13)25(23,24)14-6-7-15-12(10-14)5-8-17(22)19-15/h2,6-7,10,13H,1,3-5,8-9,11H2,(H,18,21)(H,19,22)/t13-/m0/s1. The van der Waals surface area contributed by atoms with Crippen molar-refractivity contribution in [3.63, 3.8) is 0 Å². The summed E-state index contributed by atoms with van der Waals surface area (Å²) in [6.07, 6.45) is 3.49. The summed E-state index contributed by atoms with van der Waals surface area (Å²) in [5.41, 5.74) is 1.50. The van der Waals surface area contributed by atoms with E-state index in [1.807, 2.05) is 0 Å². The first kappa shape index (κ1) is 17.6. The molecule has 2 amide bonds. The minimum absolute atomic E-state index is 0.0556. The molecular weight excluding hydrogens is 342 g/mol. The van der Waals surface area contributed by atoms with Crippen molar-refractivity contribution in [1.29, 1.82) is 0 Å². The fraction of sp³-hybridized carbons (Fsp3) is 0.412. The van der Waals surface area contributed by atoms with Gasteiger partial charge >= 0.3 is 0 Å². The number of nitrogens with zero attached hydrogens (tertiary/aromatic N) is 1. The van der Waals surface area contributed by atoms with Crippen LogP contribution in [-0.2, 0) is 26.0 Å². The predicted molar refractivity (Wildman–Crippen MR) is 93.5 cm³/mol. The van der Waals surface area contributed by atoms with Crippen LogP contribution in [0, 0.1) is 0 Å². The first-order valence-corrected chi connectivity index (χ1v) is 9.70. The van der Waals surface area contributed by atoms with Crippen molar-refractivity contribution >= 4 is 27.5 Å². The molecule has 0 aromatic heterocycles. The number of hydrogen-bond donors (Lipinski definition) is 2. The average Bonchev–Trinajstić information content (AvgIpc) is 2.61. The van der Waals surface area contributed by atoms with Gasteiger partial charge in [-0.15, -0.1) is 0 Å². The lowest BCUT2D eigenvalue weighted by Crippen LogP contribution is -2.49. The maximum absolute atomic E-state index is 12.9. The Balaban J connectivity index is 1.80. The lowest BCUT2D eigenvalue weighted by atomic mass is 10.0. The van der Waals surface area contributed by atoms with Gasteiger partial charge in [-0.05, 0) is 49.1 Å². The number of piperidine rings is 1. The third kappa shape index (κ3) is 3.74. The van der Waals surface area contributed by atoms with Crippen molar-refractivity contribution < 1.29 is 18.0 Å². The number of benzene rings is 1. The summed E-state index contributed by atoms with van der Waals surface area (Å²) >= 11 is 0. The van der Waals surface area contributed by atoms with E-state index in [0.29, 0.717) is 31.5 Å². The van der Waals surface area contributed by atoms with E-state index in [1.54, 1.807) is 12.1 Å². The highest BCUT2D eigenvalue weighted by atomic mass is 32.2. The van der Waals surface area contributed by atoms with Gasteiger partial charge in [0.25, 0.3) is 0 Å². The summed E-state index contributed by atoms with van der Waals surface area (Å²) in [6, 6.07) is 4.58. The Morgan fingerprint density at radius 1 is 1.36 bits per heavy atom. The predicted octanol–water partition coefficient (Wildman–Crippen LogP) is 1.03. The highest BCUT2D eigenvalue weighted by molar-refractivity contribution is 7.89. The Morgan fingerprint density at radius 2 is 2.16 bits per heavy atom. The molecule has 0 unspecified atom stereocenters. The van der Waals surface area contributed by atoms with Crippen molar-refractivity contribution in [1.82, 2.24) is 9.62 Å². The van der Waals surface area contributed by atoms with E-state index in [2.05, 4.69) is 17.2 Å². The molecule has 134 valence electrons. The smallest absolute Gasteiger partial charge is 0.243 e. The van der Waals surface area contributed by atoms with E-state index >= 15 is 0 Å². The third-order valence-corrected chi connectivity index (χ3v) is 6.39. The summed E-state index contributed by atoms with van der Waals surface area (Å²) in [4.78, 5) is 23.1. The lowest BCUT2D eigenvalue weighted by molar-refractivity contribution is -0.117. The zero-order chi connectivity index (χ0) is 18.0. The number of amides is 2. The van der Waals surface area contributed by atoms with Crippen molar-refractivity contribution in [2.45, 2.75) is 36.6 Å². The SMILES string of the molecule is C=CC(=O)N[C@H]1CCCN(S(=O)(=O)c2ccc3c(c2)CCC(=O)N3)C1. The van der Waals surface area contributed by atoms with E-state index in [0.717, 1.165) is 12.0 Å². The lowest BCUT2D eigenvalue weighted by Gasteiger charge is -2.32. The number of aryl methyl sites for hydroxylation is 1. The van der Waals surface area contributed by atoms with Gasteiger partial charge in [0.2, 0.25) is 21.8 Å². The minimum Gasteiger partial charge on any atom is -0.349 e.